The van der Waals surface area contributed by atoms with Crippen LogP contribution in [-0.2, 0) is 16.0 Å². The number of rotatable bonds is 6. The molecule has 2 N–H and O–H groups in total. The van der Waals surface area contributed by atoms with E-state index in [4.69, 9.17) is 0 Å². The van der Waals surface area contributed by atoms with E-state index in [0.717, 1.165) is 11.3 Å². The smallest absolute Gasteiger partial charge is 0.269 e. The monoisotopic (exact) mass is 381 g/mol. The molecule has 0 radical (unpaired) electrons. The predicted octanol–water partition coefficient (Wildman–Crippen LogP) is 2.36. The van der Waals surface area contributed by atoms with Gasteiger partial charge in [-0.1, -0.05) is 12.1 Å². The third-order valence-electron chi connectivity index (χ3n) is 4.37. The Kier molecular flexibility index (Phi) is 5.49. The standard InChI is InChI=1S/C20H20FN5O2/c1-14(24-18-9-10-22-12-23-18)3-8-17-19(28)25-20(2,26(17)13-27)11-15-4-6-16(21)7-5-15/h3-10,12-13H,11H2,1-2H3,(H,25,28)(H,22,23,24)/b14-3+,17-8-. The summed E-state index contributed by atoms with van der Waals surface area (Å²) in [6, 6.07) is 7.68. The Hall–Kier alpha value is -3.55. The summed E-state index contributed by atoms with van der Waals surface area (Å²) in [6.07, 6.45) is 7.26. The fourth-order valence-electron chi connectivity index (χ4n) is 3.01. The van der Waals surface area contributed by atoms with Crippen molar-refractivity contribution in [2.75, 3.05) is 5.32 Å². The molecule has 2 heterocycles. The van der Waals surface area contributed by atoms with Crippen LogP contribution in [0, 0.1) is 5.82 Å². The van der Waals surface area contributed by atoms with Crippen LogP contribution in [0.5, 0.6) is 0 Å². The van der Waals surface area contributed by atoms with Crippen molar-refractivity contribution in [3.63, 3.8) is 0 Å². The molecule has 7 nitrogen and oxygen atoms in total. The summed E-state index contributed by atoms with van der Waals surface area (Å²) in [7, 11) is 0. The van der Waals surface area contributed by atoms with Gasteiger partial charge in [0.05, 0.1) is 0 Å². The maximum absolute atomic E-state index is 13.1. The van der Waals surface area contributed by atoms with Crippen LogP contribution >= 0.6 is 0 Å². The first-order chi connectivity index (χ1) is 13.4. The second-order valence-corrected chi connectivity index (χ2v) is 6.63. The number of nitrogens with one attached hydrogen (secondary N) is 2. The Morgan fingerprint density at radius 3 is 2.71 bits per heavy atom. The first-order valence-electron chi connectivity index (χ1n) is 8.64. The summed E-state index contributed by atoms with van der Waals surface area (Å²) in [4.78, 5) is 33.5. The van der Waals surface area contributed by atoms with Crippen LogP contribution in [-0.4, -0.2) is 32.8 Å². The average molecular weight is 381 g/mol. The third-order valence-corrected chi connectivity index (χ3v) is 4.37. The highest BCUT2D eigenvalue weighted by molar-refractivity contribution is 5.98. The van der Waals surface area contributed by atoms with Crippen molar-refractivity contribution in [2.45, 2.75) is 25.9 Å². The van der Waals surface area contributed by atoms with E-state index in [-0.39, 0.29) is 17.4 Å². The van der Waals surface area contributed by atoms with Gasteiger partial charge in [-0.25, -0.2) is 14.4 Å². The molecule has 0 aliphatic carbocycles. The van der Waals surface area contributed by atoms with Crippen LogP contribution in [0.15, 0.2) is 66.4 Å². The van der Waals surface area contributed by atoms with Crippen molar-refractivity contribution in [2.24, 2.45) is 0 Å². The van der Waals surface area contributed by atoms with Crippen molar-refractivity contribution in [1.82, 2.24) is 20.2 Å². The number of amides is 2. The van der Waals surface area contributed by atoms with Crippen molar-refractivity contribution in [1.29, 1.82) is 0 Å². The van der Waals surface area contributed by atoms with Crippen molar-refractivity contribution < 1.29 is 14.0 Å². The number of halogens is 1. The average Bonchev–Trinajstić information content (AvgIpc) is 2.91. The van der Waals surface area contributed by atoms with Gasteiger partial charge in [-0.15, -0.1) is 0 Å². The molecular formula is C20H20FN5O2. The van der Waals surface area contributed by atoms with E-state index < -0.39 is 5.66 Å². The van der Waals surface area contributed by atoms with Gasteiger partial charge in [0.2, 0.25) is 6.41 Å². The van der Waals surface area contributed by atoms with Crippen LogP contribution in [0.2, 0.25) is 0 Å². The molecule has 2 aromatic rings. The number of carbonyl (C=O) groups excluding carboxylic acids is 2. The molecule has 0 spiro atoms. The van der Waals surface area contributed by atoms with E-state index in [9.17, 15) is 14.0 Å². The first kappa shape index (κ1) is 19.2. The summed E-state index contributed by atoms with van der Waals surface area (Å²) in [5, 5.41) is 5.91. The van der Waals surface area contributed by atoms with E-state index in [0.29, 0.717) is 18.6 Å². The Bertz CT molecular complexity index is 927. The number of anilines is 1. The minimum absolute atomic E-state index is 0.225. The Labute approximate surface area is 162 Å². The van der Waals surface area contributed by atoms with Gasteiger partial charge in [-0.3, -0.25) is 14.5 Å². The molecule has 1 saturated heterocycles. The zero-order chi connectivity index (χ0) is 20.1. The van der Waals surface area contributed by atoms with E-state index in [2.05, 4.69) is 20.6 Å². The topological polar surface area (TPSA) is 87.2 Å². The number of aromatic nitrogens is 2. The third kappa shape index (κ3) is 4.22. The number of hydrogen-bond acceptors (Lipinski definition) is 5. The highest BCUT2D eigenvalue weighted by atomic mass is 19.1. The minimum Gasteiger partial charge on any atom is -0.344 e. The lowest BCUT2D eigenvalue weighted by atomic mass is 10.0. The Balaban J connectivity index is 1.80. The Morgan fingerprint density at radius 1 is 1.32 bits per heavy atom. The zero-order valence-electron chi connectivity index (χ0n) is 15.5. The highest BCUT2D eigenvalue weighted by Gasteiger charge is 2.43. The van der Waals surface area contributed by atoms with Gasteiger partial charge in [0.1, 0.15) is 29.3 Å². The van der Waals surface area contributed by atoms with Crippen LogP contribution in [0.1, 0.15) is 19.4 Å². The first-order valence-corrected chi connectivity index (χ1v) is 8.64. The van der Waals surface area contributed by atoms with Crippen LogP contribution in [0.25, 0.3) is 0 Å². The fourth-order valence-corrected chi connectivity index (χ4v) is 3.01. The zero-order valence-corrected chi connectivity index (χ0v) is 15.5. The van der Waals surface area contributed by atoms with Gasteiger partial charge in [-0.2, -0.15) is 0 Å². The summed E-state index contributed by atoms with van der Waals surface area (Å²) in [5.41, 5.74) is 0.819. The van der Waals surface area contributed by atoms with Gasteiger partial charge >= 0.3 is 0 Å². The molecule has 28 heavy (non-hydrogen) atoms. The second kappa shape index (κ2) is 7.99. The van der Waals surface area contributed by atoms with Crippen molar-refractivity contribution in [3.05, 3.63) is 77.8 Å². The molecule has 1 aliphatic rings. The van der Waals surface area contributed by atoms with E-state index in [1.54, 1.807) is 43.5 Å². The minimum atomic E-state index is -0.940. The molecule has 1 aromatic heterocycles. The molecule has 3 rings (SSSR count). The SMILES string of the molecule is C/C(=C\C=C1\C(=O)NC(C)(Cc2ccc(F)cc2)N1C=O)Nc1ccncn1. The largest absolute Gasteiger partial charge is 0.344 e. The molecule has 1 aliphatic heterocycles. The molecule has 8 heteroatoms. The molecule has 0 bridgehead atoms. The second-order valence-electron chi connectivity index (χ2n) is 6.63. The Morgan fingerprint density at radius 2 is 2.07 bits per heavy atom. The van der Waals surface area contributed by atoms with Gasteiger partial charge in [-0.05, 0) is 49.8 Å². The molecular weight excluding hydrogens is 361 g/mol. The van der Waals surface area contributed by atoms with Crippen LogP contribution < -0.4 is 10.6 Å². The number of nitrogens with zero attached hydrogens (tertiary/aromatic N) is 3. The predicted molar refractivity (Wildman–Crippen MR) is 102 cm³/mol. The van der Waals surface area contributed by atoms with Crippen LogP contribution in [0.3, 0.4) is 0 Å². The molecule has 144 valence electrons. The molecule has 0 saturated carbocycles. The molecule has 1 fully saturated rings. The lowest BCUT2D eigenvalue weighted by Crippen LogP contribution is -2.50. The number of hydrogen-bond donors (Lipinski definition) is 2. The maximum atomic E-state index is 13.1. The summed E-state index contributed by atoms with van der Waals surface area (Å²) < 4.78 is 13.1. The number of carbonyl (C=O) groups is 2. The maximum Gasteiger partial charge on any atom is 0.269 e. The van der Waals surface area contributed by atoms with Crippen molar-refractivity contribution in [3.8, 4) is 0 Å². The van der Waals surface area contributed by atoms with Gasteiger partial charge in [0.25, 0.3) is 5.91 Å². The fraction of sp³-hybridized carbons (Fsp3) is 0.200. The molecule has 2 amide bonds. The highest BCUT2D eigenvalue weighted by Crippen LogP contribution is 2.28. The quantitative estimate of drug-likeness (QED) is 0.593. The summed E-state index contributed by atoms with van der Waals surface area (Å²) in [6.45, 7) is 3.56. The summed E-state index contributed by atoms with van der Waals surface area (Å²) in [5.74, 6) is -0.0804. The molecule has 1 unspecified atom stereocenters. The summed E-state index contributed by atoms with van der Waals surface area (Å²) >= 11 is 0. The van der Waals surface area contributed by atoms with Gasteiger partial charge in [0.15, 0.2) is 0 Å². The van der Waals surface area contributed by atoms with E-state index in [1.165, 1.54) is 23.4 Å². The van der Waals surface area contributed by atoms with Gasteiger partial charge < -0.3 is 10.6 Å². The normalized spacial score (nSPS) is 21.0. The van der Waals surface area contributed by atoms with Crippen LogP contribution in [0.4, 0.5) is 10.2 Å². The molecule has 1 aromatic carbocycles. The lowest BCUT2D eigenvalue weighted by Gasteiger charge is -2.31. The van der Waals surface area contributed by atoms with Gasteiger partial charge in [0, 0.05) is 18.3 Å². The molecule has 1 atom stereocenters. The van der Waals surface area contributed by atoms with E-state index >= 15 is 0 Å². The number of allylic oxidation sites excluding steroid dienone is 3. The van der Waals surface area contributed by atoms with Crippen molar-refractivity contribution >= 4 is 18.1 Å². The van der Waals surface area contributed by atoms with E-state index in [1.807, 2.05) is 6.92 Å². The lowest BCUT2D eigenvalue weighted by molar-refractivity contribution is -0.120. The number of benzene rings is 1.